The van der Waals surface area contributed by atoms with Gasteiger partial charge in [-0.2, -0.15) is 0 Å². The third kappa shape index (κ3) is 2.16. The molecule has 20 heavy (non-hydrogen) atoms. The van der Waals surface area contributed by atoms with Crippen LogP contribution in [0.1, 0.15) is 5.82 Å². The molecule has 0 spiro atoms. The minimum atomic E-state index is -0.990. The summed E-state index contributed by atoms with van der Waals surface area (Å²) in [6, 6.07) is 9.08. The molecule has 1 aliphatic rings. The van der Waals surface area contributed by atoms with Gasteiger partial charge in [0.05, 0.1) is 12.2 Å². The second-order valence-electron chi connectivity index (χ2n) is 4.49. The van der Waals surface area contributed by atoms with Gasteiger partial charge in [-0.15, -0.1) is 0 Å². The summed E-state index contributed by atoms with van der Waals surface area (Å²) in [6.45, 7) is 2.01. The largest absolute Gasteiger partial charge is 0.478 e. The predicted molar refractivity (Wildman–Crippen MR) is 72.3 cm³/mol. The lowest BCUT2D eigenvalue weighted by molar-refractivity contribution is -0.144. The highest BCUT2D eigenvalue weighted by atomic mass is 16.5. The summed E-state index contributed by atoms with van der Waals surface area (Å²) in [6.07, 6.45) is 0.742. The topological polar surface area (TPSA) is 75.6 Å². The molecule has 0 bridgehead atoms. The van der Waals surface area contributed by atoms with E-state index in [9.17, 15) is 9.90 Å². The molecule has 1 N–H and O–H groups in total. The van der Waals surface area contributed by atoms with Crippen LogP contribution in [0.4, 0.5) is 11.5 Å². The van der Waals surface area contributed by atoms with Crippen molar-refractivity contribution in [2.24, 2.45) is 0 Å². The van der Waals surface area contributed by atoms with Crippen molar-refractivity contribution in [2.45, 2.75) is 13.0 Å². The zero-order chi connectivity index (χ0) is 14.1. The van der Waals surface area contributed by atoms with Crippen LogP contribution < -0.4 is 9.64 Å². The van der Waals surface area contributed by atoms with E-state index in [1.807, 2.05) is 23.1 Å². The molecule has 0 radical (unpaired) electrons. The van der Waals surface area contributed by atoms with Gasteiger partial charge in [-0.1, -0.05) is 12.1 Å². The van der Waals surface area contributed by atoms with Crippen molar-refractivity contribution < 1.29 is 14.6 Å². The van der Waals surface area contributed by atoms with Gasteiger partial charge in [-0.3, -0.25) is 0 Å². The van der Waals surface area contributed by atoms with Gasteiger partial charge in [0.1, 0.15) is 17.4 Å². The monoisotopic (exact) mass is 271 g/mol. The van der Waals surface area contributed by atoms with Crippen molar-refractivity contribution in [3.05, 3.63) is 42.4 Å². The average Bonchev–Trinajstić information content (AvgIpc) is 2.46. The van der Waals surface area contributed by atoms with Crippen LogP contribution in [0.25, 0.3) is 0 Å². The van der Waals surface area contributed by atoms with Gasteiger partial charge < -0.3 is 14.7 Å². The molecular formula is C14H13N3O3. The summed E-state index contributed by atoms with van der Waals surface area (Å²) < 4.78 is 5.49. The molecule has 3 rings (SSSR count). The molecule has 1 unspecified atom stereocenters. The Hall–Kier alpha value is -2.63. The van der Waals surface area contributed by atoms with Gasteiger partial charge in [0.2, 0.25) is 6.10 Å². The zero-order valence-corrected chi connectivity index (χ0v) is 10.9. The smallest absolute Gasteiger partial charge is 0.346 e. The maximum Gasteiger partial charge on any atom is 0.346 e. The Balaban J connectivity index is 2.07. The summed E-state index contributed by atoms with van der Waals surface area (Å²) in [5.74, 6) is 0.857. The van der Waals surface area contributed by atoms with Gasteiger partial charge in [-0.05, 0) is 25.1 Å². The maximum absolute atomic E-state index is 11.2. The van der Waals surface area contributed by atoms with E-state index in [2.05, 4.69) is 9.97 Å². The van der Waals surface area contributed by atoms with E-state index in [1.165, 1.54) is 0 Å². The first kappa shape index (κ1) is 12.4. The number of carbonyl (C=O) groups is 1. The van der Waals surface area contributed by atoms with Gasteiger partial charge in [-0.25, -0.2) is 14.8 Å². The normalized spacial score (nSPS) is 17.2. The van der Waals surface area contributed by atoms with Gasteiger partial charge >= 0.3 is 5.97 Å². The van der Waals surface area contributed by atoms with Gasteiger partial charge in [0, 0.05) is 6.20 Å². The summed E-state index contributed by atoms with van der Waals surface area (Å²) in [7, 11) is 0. The average molecular weight is 271 g/mol. The van der Waals surface area contributed by atoms with Crippen molar-refractivity contribution in [2.75, 3.05) is 11.4 Å². The highest BCUT2D eigenvalue weighted by molar-refractivity contribution is 5.78. The van der Waals surface area contributed by atoms with E-state index in [0.717, 1.165) is 5.69 Å². The third-order valence-corrected chi connectivity index (χ3v) is 3.09. The first-order valence-electron chi connectivity index (χ1n) is 6.21. The van der Waals surface area contributed by atoms with Crippen LogP contribution in [-0.2, 0) is 4.79 Å². The molecule has 0 aliphatic carbocycles. The van der Waals surface area contributed by atoms with Crippen LogP contribution in [0.15, 0.2) is 36.5 Å². The molecule has 1 aliphatic heterocycles. The summed E-state index contributed by atoms with van der Waals surface area (Å²) in [5, 5.41) is 9.20. The first-order chi connectivity index (χ1) is 9.65. The number of anilines is 2. The Labute approximate surface area is 115 Å². The highest BCUT2D eigenvalue weighted by Gasteiger charge is 2.31. The Bertz CT molecular complexity index is 660. The van der Waals surface area contributed by atoms with Crippen LogP contribution in [0.5, 0.6) is 5.75 Å². The number of benzene rings is 1. The second-order valence-corrected chi connectivity index (χ2v) is 4.49. The predicted octanol–water partition coefficient (Wildman–Crippen LogP) is 1.77. The second kappa shape index (κ2) is 4.80. The van der Waals surface area contributed by atoms with E-state index in [-0.39, 0.29) is 6.54 Å². The summed E-state index contributed by atoms with van der Waals surface area (Å²) in [4.78, 5) is 21.5. The van der Waals surface area contributed by atoms with Crippen molar-refractivity contribution in [3.8, 4) is 5.75 Å². The van der Waals surface area contributed by atoms with E-state index < -0.39 is 12.1 Å². The lowest BCUT2D eigenvalue weighted by atomic mass is 10.2. The number of ether oxygens (including phenoxy) is 1. The lowest BCUT2D eigenvalue weighted by Gasteiger charge is -2.33. The number of para-hydroxylation sites is 2. The molecule has 0 saturated carbocycles. The Morgan fingerprint density at radius 2 is 2.20 bits per heavy atom. The van der Waals surface area contributed by atoms with Crippen molar-refractivity contribution in [1.82, 2.24) is 9.97 Å². The third-order valence-electron chi connectivity index (χ3n) is 3.09. The van der Waals surface area contributed by atoms with E-state index >= 15 is 0 Å². The van der Waals surface area contributed by atoms with Crippen molar-refractivity contribution >= 4 is 17.5 Å². The van der Waals surface area contributed by atoms with Crippen LogP contribution in [-0.4, -0.2) is 33.7 Å². The number of nitrogens with zero attached hydrogens (tertiary/aromatic N) is 3. The molecule has 6 nitrogen and oxygen atoms in total. The molecule has 0 fully saturated rings. The number of aliphatic carboxylic acids is 1. The Kier molecular flexibility index (Phi) is 2.98. The fraction of sp³-hybridized carbons (Fsp3) is 0.214. The number of carboxylic acids is 1. The van der Waals surface area contributed by atoms with E-state index in [1.54, 1.807) is 25.3 Å². The Morgan fingerprint density at radius 1 is 1.40 bits per heavy atom. The number of hydrogen-bond donors (Lipinski definition) is 1. The number of carboxylic acid groups (broad SMARTS) is 1. The SMILES string of the molecule is Cc1nccc(N2CC(C(=O)O)Oc3ccccc32)n1. The highest BCUT2D eigenvalue weighted by Crippen LogP contribution is 2.37. The van der Waals surface area contributed by atoms with E-state index in [4.69, 9.17) is 4.74 Å². The molecule has 102 valence electrons. The summed E-state index contributed by atoms with van der Waals surface area (Å²) >= 11 is 0. The molecule has 6 heteroatoms. The van der Waals surface area contributed by atoms with E-state index in [0.29, 0.717) is 17.4 Å². The molecule has 2 heterocycles. The molecule has 0 amide bonds. The molecule has 1 aromatic carbocycles. The fourth-order valence-electron chi connectivity index (χ4n) is 2.17. The molecule has 1 atom stereocenters. The number of rotatable bonds is 2. The summed E-state index contributed by atoms with van der Waals surface area (Å²) in [5.41, 5.74) is 0.808. The lowest BCUT2D eigenvalue weighted by Crippen LogP contribution is -2.42. The molecule has 1 aromatic heterocycles. The standard InChI is InChI=1S/C14H13N3O3/c1-9-15-7-6-13(16-9)17-8-12(14(18)19)20-11-5-3-2-4-10(11)17/h2-7,12H,8H2,1H3,(H,18,19). The number of aryl methyl sites for hydroxylation is 1. The first-order valence-corrected chi connectivity index (χ1v) is 6.21. The number of fused-ring (bicyclic) bond motifs is 1. The van der Waals surface area contributed by atoms with Gasteiger partial charge in [0.25, 0.3) is 0 Å². The van der Waals surface area contributed by atoms with Crippen LogP contribution in [0, 0.1) is 6.92 Å². The quantitative estimate of drug-likeness (QED) is 0.897. The van der Waals surface area contributed by atoms with Gasteiger partial charge in [0.15, 0.2) is 0 Å². The molecular weight excluding hydrogens is 258 g/mol. The number of hydrogen-bond acceptors (Lipinski definition) is 5. The van der Waals surface area contributed by atoms with Crippen molar-refractivity contribution in [1.29, 1.82) is 0 Å². The molecule has 2 aromatic rings. The van der Waals surface area contributed by atoms with Crippen molar-refractivity contribution in [3.63, 3.8) is 0 Å². The Morgan fingerprint density at radius 3 is 2.95 bits per heavy atom. The molecule has 0 saturated heterocycles. The minimum absolute atomic E-state index is 0.211. The maximum atomic E-state index is 11.2. The van der Waals surface area contributed by atoms with Crippen LogP contribution >= 0.6 is 0 Å². The minimum Gasteiger partial charge on any atom is -0.478 e. The van der Waals surface area contributed by atoms with Crippen LogP contribution in [0.3, 0.4) is 0 Å². The van der Waals surface area contributed by atoms with Crippen LogP contribution in [0.2, 0.25) is 0 Å². The zero-order valence-electron chi connectivity index (χ0n) is 10.9. The fourth-order valence-corrected chi connectivity index (χ4v) is 2.17. The number of aromatic nitrogens is 2.